The van der Waals surface area contributed by atoms with Crippen LogP contribution in [0.15, 0.2) is 40.5 Å². The van der Waals surface area contributed by atoms with Gasteiger partial charge in [-0.1, -0.05) is 6.07 Å². The molecule has 0 fully saturated rings. The average Bonchev–Trinajstić information content (AvgIpc) is 3.25. The molecule has 0 saturated carbocycles. The van der Waals surface area contributed by atoms with Crippen LogP contribution in [0.5, 0.6) is 0 Å². The van der Waals surface area contributed by atoms with E-state index in [-0.39, 0.29) is 11.9 Å². The second kappa shape index (κ2) is 10.7. The van der Waals surface area contributed by atoms with Crippen molar-refractivity contribution < 1.29 is 19.1 Å². The summed E-state index contributed by atoms with van der Waals surface area (Å²) in [6.45, 7) is 11.6. The number of aryl methyl sites for hydroxylation is 2. The Morgan fingerprint density at radius 1 is 0.824 bits per heavy atom. The van der Waals surface area contributed by atoms with E-state index in [1.54, 1.807) is 47.8 Å². The number of carbonyl (C=O) groups excluding carboxylic acids is 2. The maximum atomic E-state index is 12.1. The molecule has 0 radical (unpaired) electrons. The van der Waals surface area contributed by atoms with Crippen LogP contribution in [0, 0.1) is 27.7 Å². The maximum absolute atomic E-state index is 12.1. The van der Waals surface area contributed by atoms with Gasteiger partial charge in [-0.2, -0.15) is 10.2 Å². The second-order valence-electron chi connectivity index (χ2n) is 7.61. The fraction of sp³-hybridized carbons (Fsp3) is 0.320. The molecule has 0 bridgehead atoms. The highest BCUT2D eigenvalue weighted by atomic mass is 16.5. The molecule has 0 aliphatic carbocycles. The Morgan fingerprint density at radius 2 is 1.24 bits per heavy atom. The van der Waals surface area contributed by atoms with Crippen molar-refractivity contribution in [3.05, 3.63) is 75.6 Å². The summed E-state index contributed by atoms with van der Waals surface area (Å²) in [6.07, 6.45) is 3.24. The average molecular weight is 464 g/mol. The van der Waals surface area contributed by atoms with E-state index in [1.165, 1.54) is 0 Å². The van der Waals surface area contributed by atoms with Gasteiger partial charge in [0.15, 0.2) is 0 Å². The lowest BCUT2D eigenvalue weighted by atomic mass is 10.2. The van der Waals surface area contributed by atoms with Crippen LogP contribution >= 0.6 is 0 Å². The minimum absolute atomic E-state index is 0.316. The zero-order valence-electron chi connectivity index (χ0n) is 20.3. The molecule has 3 aromatic heterocycles. The summed E-state index contributed by atoms with van der Waals surface area (Å²) in [6, 6.07) is 9.02. The SMILES string of the molecule is CCOC(=O)c1cc(C)n(/N=C\c2cccc(/C=N\n3c(C)cc(C(=O)OCC)c3C)n2)c1C. The third-order valence-corrected chi connectivity index (χ3v) is 5.18. The number of carbonyl (C=O) groups is 2. The van der Waals surface area contributed by atoms with E-state index in [1.807, 2.05) is 45.9 Å². The van der Waals surface area contributed by atoms with Crippen LogP contribution in [0.3, 0.4) is 0 Å². The summed E-state index contributed by atoms with van der Waals surface area (Å²) in [7, 11) is 0. The number of pyridine rings is 1. The van der Waals surface area contributed by atoms with Crippen LogP contribution in [-0.4, -0.2) is 51.9 Å². The Kier molecular flexibility index (Phi) is 7.78. The number of aromatic nitrogens is 3. The summed E-state index contributed by atoms with van der Waals surface area (Å²) in [5, 5.41) is 8.97. The zero-order valence-corrected chi connectivity index (χ0v) is 20.3. The van der Waals surface area contributed by atoms with Crippen molar-refractivity contribution in [3.8, 4) is 0 Å². The van der Waals surface area contributed by atoms with Gasteiger partial charge in [-0.05, 0) is 65.8 Å². The van der Waals surface area contributed by atoms with Crippen molar-refractivity contribution in [2.24, 2.45) is 10.2 Å². The Hall–Kier alpha value is -4.01. The van der Waals surface area contributed by atoms with Gasteiger partial charge in [0.1, 0.15) is 0 Å². The largest absolute Gasteiger partial charge is 0.462 e. The fourth-order valence-electron chi connectivity index (χ4n) is 3.54. The van der Waals surface area contributed by atoms with Gasteiger partial charge in [0.25, 0.3) is 0 Å². The molecule has 34 heavy (non-hydrogen) atoms. The molecule has 3 rings (SSSR count). The van der Waals surface area contributed by atoms with Crippen molar-refractivity contribution in [1.29, 1.82) is 0 Å². The monoisotopic (exact) mass is 463 g/mol. The van der Waals surface area contributed by atoms with E-state index in [0.717, 1.165) is 11.4 Å². The van der Waals surface area contributed by atoms with E-state index < -0.39 is 0 Å². The van der Waals surface area contributed by atoms with Gasteiger partial charge in [0.2, 0.25) is 0 Å². The molecule has 3 heterocycles. The van der Waals surface area contributed by atoms with E-state index >= 15 is 0 Å². The summed E-state index contributed by atoms with van der Waals surface area (Å²) in [4.78, 5) is 28.8. The van der Waals surface area contributed by atoms with Gasteiger partial charge in [0.05, 0.1) is 59.5 Å². The van der Waals surface area contributed by atoms with E-state index in [2.05, 4.69) is 15.2 Å². The third kappa shape index (κ3) is 5.31. The highest BCUT2D eigenvalue weighted by Gasteiger charge is 2.17. The first-order chi connectivity index (χ1) is 16.3. The number of rotatable bonds is 8. The number of ether oxygens (including phenoxy) is 2. The number of nitrogens with zero attached hydrogens (tertiary/aromatic N) is 5. The Morgan fingerprint density at radius 3 is 1.62 bits per heavy atom. The van der Waals surface area contributed by atoms with Crippen LogP contribution < -0.4 is 0 Å². The van der Waals surface area contributed by atoms with Gasteiger partial charge in [-0.15, -0.1) is 0 Å². The van der Waals surface area contributed by atoms with Crippen molar-refractivity contribution in [2.75, 3.05) is 13.2 Å². The first kappa shape index (κ1) is 24.6. The van der Waals surface area contributed by atoms with Gasteiger partial charge >= 0.3 is 11.9 Å². The Bertz CT molecular complexity index is 1170. The van der Waals surface area contributed by atoms with E-state index in [0.29, 0.717) is 47.1 Å². The Labute approximate surface area is 198 Å². The standard InChI is InChI=1S/C25H29N5O4/c1-7-33-24(31)22-12-16(3)29(18(22)5)26-14-20-10-9-11-21(28-20)15-27-30-17(4)13-23(19(30)6)25(32)34-8-2/h9-15H,7-8H2,1-6H3/b26-14-,27-15-. The zero-order chi connectivity index (χ0) is 24.8. The molecule has 0 amide bonds. The number of hydrogen-bond acceptors (Lipinski definition) is 7. The summed E-state index contributed by atoms with van der Waals surface area (Å²) >= 11 is 0. The molecule has 0 saturated heterocycles. The number of hydrogen-bond donors (Lipinski definition) is 0. The molecule has 9 heteroatoms. The molecular weight excluding hydrogens is 434 g/mol. The minimum Gasteiger partial charge on any atom is -0.462 e. The molecule has 0 atom stereocenters. The van der Waals surface area contributed by atoms with Crippen LogP contribution in [0.4, 0.5) is 0 Å². The molecule has 9 nitrogen and oxygen atoms in total. The molecule has 0 aromatic carbocycles. The second-order valence-corrected chi connectivity index (χ2v) is 7.61. The molecule has 0 unspecified atom stereocenters. The van der Waals surface area contributed by atoms with Gasteiger partial charge in [0, 0.05) is 11.4 Å². The smallest absolute Gasteiger partial charge is 0.340 e. The summed E-state index contributed by atoms with van der Waals surface area (Å²) < 4.78 is 13.6. The van der Waals surface area contributed by atoms with E-state index in [4.69, 9.17) is 9.47 Å². The first-order valence-corrected chi connectivity index (χ1v) is 11.0. The highest BCUT2D eigenvalue weighted by molar-refractivity contribution is 5.92. The summed E-state index contributed by atoms with van der Waals surface area (Å²) in [5.74, 6) is -0.731. The maximum Gasteiger partial charge on any atom is 0.340 e. The Balaban J connectivity index is 1.82. The fourth-order valence-corrected chi connectivity index (χ4v) is 3.54. The normalized spacial score (nSPS) is 11.5. The predicted molar refractivity (Wildman–Crippen MR) is 130 cm³/mol. The quantitative estimate of drug-likeness (QED) is 0.371. The first-order valence-electron chi connectivity index (χ1n) is 11.0. The molecule has 0 aliphatic heterocycles. The molecule has 0 N–H and O–H groups in total. The van der Waals surface area contributed by atoms with Crippen molar-refractivity contribution >= 4 is 24.4 Å². The predicted octanol–water partition coefficient (Wildman–Crippen LogP) is 4.04. The lowest BCUT2D eigenvalue weighted by Crippen LogP contribution is -2.06. The number of esters is 2. The van der Waals surface area contributed by atoms with E-state index in [9.17, 15) is 9.59 Å². The lowest BCUT2D eigenvalue weighted by Gasteiger charge is -2.04. The molecule has 3 aromatic rings. The van der Waals surface area contributed by atoms with Crippen molar-refractivity contribution in [2.45, 2.75) is 41.5 Å². The van der Waals surface area contributed by atoms with Gasteiger partial charge < -0.3 is 9.47 Å². The minimum atomic E-state index is -0.366. The molecule has 0 aliphatic rings. The summed E-state index contributed by atoms with van der Waals surface area (Å²) in [5.41, 5.74) is 5.25. The van der Waals surface area contributed by atoms with Crippen LogP contribution in [0.1, 0.15) is 68.7 Å². The van der Waals surface area contributed by atoms with Crippen molar-refractivity contribution in [3.63, 3.8) is 0 Å². The van der Waals surface area contributed by atoms with Crippen LogP contribution in [-0.2, 0) is 9.47 Å². The lowest BCUT2D eigenvalue weighted by molar-refractivity contribution is 0.0515. The van der Waals surface area contributed by atoms with Crippen LogP contribution in [0.2, 0.25) is 0 Å². The molecule has 0 spiro atoms. The van der Waals surface area contributed by atoms with Crippen LogP contribution in [0.25, 0.3) is 0 Å². The topological polar surface area (TPSA) is 100 Å². The van der Waals surface area contributed by atoms with Gasteiger partial charge in [-0.25, -0.2) is 23.9 Å². The molecular formula is C25H29N5O4. The molecule has 178 valence electrons. The van der Waals surface area contributed by atoms with Gasteiger partial charge in [-0.3, -0.25) is 0 Å². The highest BCUT2D eigenvalue weighted by Crippen LogP contribution is 2.17. The third-order valence-electron chi connectivity index (χ3n) is 5.18. The van der Waals surface area contributed by atoms with Crippen molar-refractivity contribution in [1.82, 2.24) is 14.3 Å².